The maximum absolute atomic E-state index is 5.67. The van der Waals surface area contributed by atoms with E-state index in [-0.39, 0.29) is 0 Å². The summed E-state index contributed by atoms with van der Waals surface area (Å²) in [6, 6.07) is 3.77. The molecule has 0 spiro atoms. The van der Waals surface area contributed by atoms with Crippen molar-refractivity contribution in [2.75, 3.05) is 11.5 Å². The van der Waals surface area contributed by atoms with E-state index in [1.54, 1.807) is 21.8 Å². The van der Waals surface area contributed by atoms with Gasteiger partial charge in [-0.2, -0.15) is 10.2 Å². The lowest BCUT2D eigenvalue weighted by Crippen LogP contribution is -2.04. The van der Waals surface area contributed by atoms with Crippen LogP contribution in [0, 0.1) is 27.7 Å². The van der Waals surface area contributed by atoms with Gasteiger partial charge >= 0.3 is 0 Å². The van der Waals surface area contributed by atoms with Gasteiger partial charge in [0.1, 0.15) is 22.9 Å². The third-order valence-electron chi connectivity index (χ3n) is 4.11. The van der Waals surface area contributed by atoms with E-state index in [1.165, 1.54) is 0 Å². The van der Waals surface area contributed by atoms with Crippen molar-refractivity contribution in [1.82, 2.24) is 29.9 Å². The molecule has 0 unspecified atom stereocenters. The molecule has 4 aromatic heterocycles. The van der Waals surface area contributed by atoms with Crippen LogP contribution in [0.3, 0.4) is 0 Å². The highest BCUT2D eigenvalue weighted by atomic mass is 16.5. The summed E-state index contributed by atoms with van der Waals surface area (Å²) >= 11 is 0. The highest BCUT2D eigenvalue weighted by molar-refractivity contribution is 5.40. The minimum Gasteiger partial charge on any atom is -0.396 e. The van der Waals surface area contributed by atoms with Crippen molar-refractivity contribution in [3.8, 4) is 0 Å². The molecule has 0 atom stereocenters. The minimum atomic E-state index is 0.593. The zero-order chi connectivity index (χ0) is 20.3. The molecule has 10 nitrogen and oxygen atoms in total. The molecule has 4 heterocycles. The van der Waals surface area contributed by atoms with Crippen LogP contribution in [-0.4, -0.2) is 29.9 Å². The quantitative estimate of drug-likeness (QED) is 0.546. The molecule has 4 aromatic rings. The predicted molar refractivity (Wildman–Crippen MR) is 103 cm³/mol. The average molecular weight is 384 g/mol. The third-order valence-corrected chi connectivity index (χ3v) is 4.11. The van der Waals surface area contributed by atoms with Crippen molar-refractivity contribution in [3.05, 3.63) is 58.8 Å². The second-order valence-corrected chi connectivity index (χ2v) is 6.57. The number of hydrogen-bond acceptors (Lipinski definition) is 8. The lowest BCUT2D eigenvalue weighted by molar-refractivity contribution is 0.387. The van der Waals surface area contributed by atoms with E-state index in [0.717, 1.165) is 34.3 Å². The molecule has 0 amide bonds. The first-order valence-corrected chi connectivity index (χ1v) is 8.73. The highest BCUT2D eigenvalue weighted by Gasteiger charge is 2.06. The second kappa shape index (κ2) is 7.99. The number of aryl methyl sites for hydroxylation is 3. The summed E-state index contributed by atoms with van der Waals surface area (Å²) in [5.74, 6) is 1.61. The summed E-state index contributed by atoms with van der Waals surface area (Å²) in [4.78, 5) is 0. The average Bonchev–Trinajstić information content (AvgIpc) is 3.38. The van der Waals surface area contributed by atoms with Crippen molar-refractivity contribution < 1.29 is 9.05 Å². The Bertz CT molecular complexity index is 1040. The topological polar surface area (TPSA) is 140 Å². The summed E-state index contributed by atoms with van der Waals surface area (Å²) in [6.07, 6.45) is 3.43. The summed E-state index contributed by atoms with van der Waals surface area (Å²) in [6.45, 7) is 8.71. The molecule has 148 valence electrons. The normalized spacial score (nSPS) is 10.7. The molecule has 0 fully saturated rings. The zero-order valence-corrected chi connectivity index (χ0v) is 16.4. The van der Waals surface area contributed by atoms with Crippen LogP contribution in [0.4, 0.5) is 11.4 Å². The maximum Gasteiger partial charge on any atom is 0.133 e. The number of anilines is 2. The molecule has 0 radical (unpaired) electrons. The SMILES string of the molecule is Cc1cc(Cn2cc(N)c(C)n2)no1.Cc1cc(Cn2ncc(N)c2C)no1. The Morgan fingerprint density at radius 3 is 1.93 bits per heavy atom. The molecule has 0 aliphatic carbocycles. The van der Waals surface area contributed by atoms with E-state index < -0.39 is 0 Å². The number of nitrogens with zero attached hydrogens (tertiary/aromatic N) is 6. The Morgan fingerprint density at radius 2 is 1.50 bits per heavy atom. The first-order chi connectivity index (χ1) is 13.3. The van der Waals surface area contributed by atoms with E-state index in [0.29, 0.717) is 24.5 Å². The maximum atomic E-state index is 5.67. The summed E-state index contributed by atoms with van der Waals surface area (Å²) in [5, 5.41) is 16.1. The number of nitrogens with two attached hydrogens (primary N) is 2. The minimum absolute atomic E-state index is 0.593. The summed E-state index contributed by atoms with van der Waals surface area (Å²) in [7, 11) is 0. The van der Waals surface area contributed by atoms with Gasteiger partial charge in [-0.05, 0) is 27.7 Å². The zero-order valence-electron chi connectivity index (χ0n) is 16.4. The molecular weight excluding hydrogens is 360 g/mol. The Labute approximate surface area is 162 Å². The molecule has 0 saturated heterocycles. The van der Waals surface area contributed by atoms with E-state index >= 15 is 0 Å². The Morgan fingerprint density at radius 1 is 0.893 bits per heavy atom. The van der Waals surface area contributed by atoms with Crippen LogP contribution >= 0.6 is 0 Å². The first kappa shape index (κ1) is 19.2. The van der Waals surface area contributed by atoms with Crippen LogP contribution < -0.4 is 11.5 Å². The summed E-state index contributed by atoms with van der Waals surface area (Å²) in [5.41, 5.74) is 16.2. The lowest BCUT2D eigenvalue weighted by Gasteiger charge is -2.00. The fourth-order valence-electron chi connectivity index (χ4n) is 2.54. The van der Waals surface area contributed by atoms with Crippen molar-refractivity contribution in [1.29, 1.82) is 0 Å². The van der Waals surface area contributed by atoms with Crippen molar-refractivity contribution in [3.63, 3.8) is 0 Å². The van der Waals surface area contributed by atoms with Crippen LogP contribution in [0.25, 0.3) is 0 Å². The fourth-order valence-corrected chi connectivity index (χ4v) is 2.54. The highest BCUT2D eigenvalue weighted by Crippen LogP contribution is 2.11. The number of nitrogen functional groups attached to an aromatic ring is 2. The molecule has 28 heavy (non-hydrogen) atoms. The van der Waals surface area contributed by atoms with Gasteiger partial charge in [-0.15, -0.1) is 0 Å². The molecule has 4 rings (SSSR count). The summed E-state index contributed by atoms with van der Waals surface area (Å²) < 4.78 is 13.5. The van der Waals surface area contributed by atoms with Gasteiger partial charge in [-0.25, -0.2) is 0 Å². The van der Waals surface area contributed by atoms with E-state index in [4.69, 9.17) is 20.5 Å². The van der Waals surface area contributed by atoms with Crippen LogP contribution in [0.2, 0.25) is 0 Å². The van der Waals surface area contributed by atoms with Gasteiger partial charge in [0.05, 0.1) is 42.0 Å². The van der Waals surface area contributed by atoms with Gasteiger partial charge in [-0.3, -0.25) is 9.36 Å². The molecule has 0 aliphatic heterocycles. The number of aromatic nitrogens is 6. The molecule has 0 aromatic carbocycles. The molecular formula is C18H24N8O2. The van der Waals surface area contributed by atoms with Crippen LogP contribution in [0.5, 0.6) is 0 Å². The smallest absolute Gasteiger partial charge is 0.133 e. The van der Waals surface area contributed by atoms with E-state index in [9.17, 15) is 0 Å². The predicted octanol–water partition coefficient (Wildman–Crippen LogP) is 2.24. The van der Waals surface area contributed by atoms with E-state index in [1.807, 2.05) is 39.8 Å². The number of rotatable bonds is 4. The lowest BCUT2D eigenvalue weighted by atomic mass is 10.3. The van der Waals surface area contributed by atoms with Gasteiger partial charge in [0.2, 0.25) is 0 Å². The first-order valence-electron chi connectivity index (χ1n) is 8.73. The number of hydrogen-bond donors (Lipinski definition) is 2. The van der Waals surface area contributed by atoms with Gasteiger partial charge in [-0.1, -0.05) is 10.3 Å². The second-order valence-electron chi connectivity index (χ2n) is 6.57. The largest absolute Gasteiger partial charge is 0.396 e. The molecule has 10 heteroatoms. The molecule has 4 N–H and O–H groups in total. The fraction of sp³-hybridized carbons (Fsp3) is 0.333. The monoisotopic (exact) mass is 384 g/mol. The Balaban J connectivity index is 0.000000161. The van der Waals surface area contributed by atoms with Crippen LogP contribution in [0.1, 0.15) is 34.3 Å². The molecule has 0 bridgehead atoms. The Hall–Kier alpha value is -3.56. The van der Waals surface area contributed by atoms with Crippen LogP contribution in [-0.2, 0) is 13.1 Å². The molecule has 0 aliphatic rings. The van der Waals surface area contributed by atoms with Crippen molar-refractivity contribution >= 4 is 11.4 Å². The standard InChI is InChI=1S/2C9H12N4O/c1-6-3-8(12-14-6)5-13-7(2)9(10)4-11-13;1-6-3-8(12-14-6)4-13-5-9(10)7(2)11-13/h3-4H,5,10H2,1-2H3;3,5H,4,10H2,1-2H3. The van der Waals surface area contributed by atoms with E-state index in [2.05, 4.69) is 20.5 Å². The van der Waals surface area contributed by atoms with Gasteiger partial charge in [0, 0.05) is 18.3 Å². The molecule has 0 saturated carbocycles. The van der Waals surface area contributed by atoms with Crippen molar-refractivity contribution in [2.24, 2.45) is 0 Å². The van der Waals surface area contributed by atoms with Crippen LogP contribution in [0.15, 0.2) is 33.6 Å². The third kappa shape index (κ3) is 4.58. The van der Waals surface area contributed by atoms with Gasteiger partial charge in [0.15, 0.2) is 0 Å². The van der Waals surface area contributed by atoms with Gasteiger partial charge < -0.3 is 20.5 Å². The van der Waals surface area contributed by atoms with Gasteiger partial charge in [0.25, 0.3) is 0 Å². The van der Waals surface area contributed by atoms with Crippen molar-refractivity contribution in [2.45, 2.75) is 40.8 Å². The Kier molecular flexibility index (Phi) is 5.48.